The molecule has 0 saturated heterocycles. The fourth-order valence-corrected chi connectivity index (χ4v) is 3.14. The highest BCUT2D eigenvalue weighted by atomic mass is 79.9. The lowest BCUT2D eigenvalue weighted by Gasteiger charge is -2.29. The van der Waals surface area contributed by atoms with Crippen LogP contribution >= 0.6 is 15.9 Å². The molecule has 0 aromatic rings. The normalized spacial score (nSPS) is 29.4. The van der Waals surface area contributed by atoms with Gasteiger partial charge in [-0.25, -0.2) is 0 Å². The van der Waals surface area contributed by atoms with E-state index in [9.17, 15) is 0 Å². The monoisotopic (exact) mass is 276 g/mol. The lowest BCUT2D eigenvalue weighted by molar-refractivity contribution is -0.00622. The predicted octanol–water partition coefficient (Wildman–Crippen LogP) is 4.25. The topological polar surface area (TPSA) is 9.23 Å². The maximum absolute atomic E-state index is 6.04. The van der Waals surface area contributed by atoms with Crippen LogP contribution in [-0.4, -0.2) is 18.0 Å². The number of hydrogen-bond acceptors (Lipinski definition) is 1. The van der Waals surface area contributed by atoms with Gasteiger partial charge in [-0.05, 0) is 30.6 Å². The quantitative estimate of drug-likeness (QED) is 0.683. The van der Waals surface area contributed by atoms with Crippen molar-refractivity contribution in [2.24, 2.45) is 17.8 Å². The van der Waals surface area contributed by atoms with E-state index in [0.29, 0.717) is 17.9 Å². The summed E-state index contributed by atoms with van der Waals surface area (Å²) >= 11 is 3.57. The number of halogens is 1. The Morgan fingerprint density at radius 1 is 1.33 bits per heavy atom. The fourth-order valence-electron chi connectivity index (χ4n) is 2.20. The first-order chi connectivity index (χ1) is 7.13. The standard InChI is InChI=1S/C13H25BrO/c1-10(2)12(8-14)9-15-13-6-4-5-11(3)7-13/h10-13H,4-9H2,1-3H3. The van der Waals surface area contributed by atoms with Gasteiger partial charge < -0.3 is 4.74 Å². The van der Waals surface area contributed by atoms with Crippen molar-refractivity contribution in [1.82, 2.24) is 0 Å². The minimum atomic E-state index is 0.536. The highest BCUT2D eigenvalue weighted by Crippen LogP contribution is 2.26. The zero-order valence-corrected chi connectivity index (χ0v) is 11.9. The average molecular weight is 277 g/mol. The van der Waals surface area contributed by atoms with Crippen LogP contribution in [0, 0.1) is 17.8 Å². The van der Waals surface area contributed by atoms with Crippen molar-refractivity contribution in [3.8, 4) is 0 Å². The molecule has 0 radical (unpaired) electrons. The third-order valence-electron chi connectivity index (χ3n) is 3.58. The first-order valence-electron chi connectivity index (χ1n) is 6.31. The maximum atomic E-state index is 6.04. The van der Waals surface area contributed by atoms with Gasteiger partial charge in [-0.2, -0.15) is 0 Å². The van der Waals surface area contributed by atoms with Crippen LogP contribution in [0.5, 0.6) is 0 Å². The van der Waals surface area contributed by atoms with E-state index < -0.39 is 0 Å². The Labute approximate surface area is 103 Å². The van der Waals surface area contributed by atoms with Crippen LogP contribution in [-0.2, 0) is 4.74 Å². The van der Waals surface area contributed by atoms with Crippen molar-refractivity contribution in [2.75, 3.05) is 11.9 Å². The van der Waals surface area contributed by atoms with Gasteiger partial charge in [0, 0.05) is 5.33 Å². The van der Waals surface area contributed by atoms with Gasteiger partial charge >= 0.3 is 0 Å². The molecule has 0 spiro atoms. The first kappa shape index (κ1) is 13.5. The van der Waals surface area contributed by atoms with Crippen molar-refractivity contribution in [3.05, 3.63) is 0 Å². The molecule has 15 heavy (non-hydrogen) atoms. The van der Waals surface area contributed by atoms with Gasteiger partial charge in [-0.15, -0.1) is 0 Å². The fraction of sp³-hybridized carbons (Fsp3) is 1.00. The summed E-state index contributed by atoms with van der Waals surface area (Å²) < 4.78 is 6.04. The highest BCUT2D eigenvalue weighted by Gasteiger charge is 2.21. The summed E-state index contributed by atoms with van der Waals surface area (Å²) in [5.74, 6) is 2.25. The van der Waals surface area contributed by atoms with Gasteiger partial charge in [0.05, 0.1) is 12.7 Å². The Kier molecular flexibility index (Phi) is 6.21. The molecule has 3 atom stereocenters. The van der Waals surface area contributed by atoms with E-state index in [4.69, 9.17) is 4.74 Å². The molecular weight excluding hydrogens is 252 g/mol. The van der Waals surface area contributed by atoms with Crippen LogP contribution in [0.1, 0.15) is 46.5 Å². The zero-order valence-electron chi connectivity index (χ0n) is 10.3. The number of hydrogen-bond donors (Lipinski definition) is 0. The molecule has 0 heterocycles. The molecule has 0 bridgehead atoms. The van der Waals surface area contributed by atoms with Crippen LogP contribution in [0.2, 0.25) is 0 Å². The number of ether oxygens (including phenoxy) is 1. The third kappa shape index (κ3) is 4.86. The molecule has 0 N–H and O–H groups in total. The zero-order chi connectivity index (χ0) is 11.3. The molecule has 2 heteroatoms. The number of rotatable bonds is 5. The Morgan fingerprint density at radius 2 is 2.07 bits per heavy atom. The van der Waals surface area contributed by atoms with Crippen molar-refractivity contribution >= 4 is 15.9 Å². The Hall–Kier alpha value is 0.440. The van der Waals surface area contributed by atoms with Crippen molar-refractivity contribution < 1.29 is 4.74 Å². The van der Waals surface area contributed by atoms with Crippen LogP contribution in [0.25, 0.3) is 0 Å². The largest absolute Gasteiger partial charge is 0.378 e. The molecule has 0 aromatic heterocycles. The van der Waals surface area contributed by atoms with Gasteiger partial charge in [0.25, 0.3) is 0 Å². The van der Waals surface area contributed by atoms with Gasteiger partial charge in [-0.3, -0.25) is 0 Å². The second kappa shape index (κ2) is 6.90. The van der Waals surface area contributed by atoms with E-state index >= 15 is 0 Å². The third-order valence-corrected chi connectivity index (χ3v) is 4.41. The lowest BCUT2D eigenvalue weighted by Crippen LogP contribution is -2.26. The van der Waals surface area contributed by atoms with E-state index in [1.54, 1.807) is 0 Å². The summed E-state index contributed by atoms with van der Waals surface area (Å²) in [5, 5.41) is 1.06. The molecule has 0 amide bonds. The van der Waals surface area contributed by atoms with Crippen molar-refractivity contribution in [2.45, 2.75) is 52.6 Å². The number of alkyl halides is 1. The highest BCUT2D eigenvalue weighted by molar-refractivity contribution is 9.09. The lowest BCUT2D eigenvalue weighted by atomic mass is 9.88. The Morgan fingerprint density at radius 3 is 2.60 bits per heavy atom. The molecule has 90 valence electrons. The van der Waals surface area contributed by atoms with Crippen molar-refractivity contribution in [1.29, 1.82) is 0 Å². The van der Waals surface area contributed by atoms with E-state index in [2.05, 4.69) is 36.7 Å². The molecule has 1 aliphatic rings. The molecule has 0 aliphatic heterocycles. The molecule has 1 rings (SSSR count). The van der Waals surface area contributed by atoms with E-state index in [1.165, 1.54) is 25.7 Å². The van der Waals surface area contributed by atoms with Gasteiger partial charge in [0.2, 0.25) is 0 Å². The Balaban J connectivity index is 2.23. The van der Waals surface area contributed by atoms with Crippen molar-refractivity contribution in [3.63, 3.8) is 0 Å². The minimum absolute atomic E-state index is 0.536. The average Bonchev–Trinajstić information content (AvgIpc) is 2.18. The smallest absolute Gasteiger partial charge is 0.0577 e. The SMILES string of the molecule is CC1CCCC(OCC(CBr)C(C)C)C1. The second-order valence-corrected chi connectivity index (χ2v) is 6.03. The predicted molar refractivity (Wildman–Crippen MR) is 69.5 cm³/mol. The molecule has 0 aromatic carbocycles. The van der Waals surface area contributed by atoms with Crippen LogP contribution in [0.4, 0.5) is 0 Å². The van der Waals surface area contributed by atoms with E-state index in [0.717, 1.165) is 17.9 Å². The van der Waals surface area contributed by atoms with Gasteiger partial charge in [-0.1, -0.05) is 49.5 Å². The van der Waals surface area contributed by atoms with Gasteiger partial charge in [0.15, 0.2) is 0 Å². The van der Waals surface area contributed by atoms with Gasteiger partial charge in [0.1, 0.15) is 0 Å². The molecule has 1 aliphatic carbocycles. The summed E-state index contributed by atoms with van der Waals surface area (Å²) in [6.45, 7) is 7.83. The minimum Gasteiger partial charge on any atom is -0.378 e. The summed E-state index contributed by atoms with van der Waals surface area (Å²) in [5.41, 5.74) is 0. The molecule has 1 nitrogen and oxygen atoms in total. The second-order valence-electron chi connectivity index (χ2n) is 5.39. The van der Waals surface area contributed by atoms with E-state index in [1.807, 2.05) is 0 Å². The first-order valence-corrected chi connectivity index (χ1v) is 7.43. The summed E-state index contributed by atoms with van der Waals surface area (Å²) in [6.07, 6.45) is 5.83. The molecular formula is C13H25BrO. The van der Waals surface area contributed by atoms with Crippen LogP contribution in [0.15, 0.2) is 0 Å². The summed E-state index contributed by atoms with van der Waals surface area (Å²) in [7, 11) is 0. The Bertz CT molecular complexity index is 170. The molecule has 1 fully saturated rings. The van der Waals surface area contributed by atoms with Crippen LogP contribution < -0.4 is 0 Å². The summed E-state index contributed by atoms with van der Waals surface area (Å²) in [4.78, 5) is 0. The summed E-state index contributed by atoms with van der Waals surface area (Å²) in [6, 6.07) is 0. The van der Waals surface area contributed by atoms with E-state index in [-0.39, 0.29) is 0 Å². The molecule has 1 saturated carbocycles. The molecule has 3 unspecified atom stereocenters. The maximum Gasteiger partial charge on any atom is 0.0577 e. The van der Waals surface area contributed by atoms with Crippen LogP contribution in [0.3, 0.4) is 0 Å².